The van der Waals surface area contributed by atoms with Crippen molar-refractivity contribution in [3.8, 4) is 16.8 Å². The van der Waals surface area contributed by atoms with Crippen LogP contribution in [0.2, 0.25) is 0 Å². The molecule has 0 radical (unpaired) electrons. The van der Waals surface area contributed by atoms with Crippen molar-refractivity contribution < 1.29 is 4.79 Å². The van der Waals surface area contributed by atoms with Gasteiger partial charge in [-0.2, -0.15) is 5.10 Å². The highest BCUT2D eigenvalue weighted by atomic mass is 16.1. The lowest BCUT2D eigenvalue weighted by atomic mass is 10.1. The first kappa shape index (κ1) is 13.3. The maximum absolute atomic E-state index is 11.7. The van der Waals surface area contributed by atoms with Crippen molar-refractivity contribution in [1.29, 1.82) is 0 Å². The van der Waals surface area contributed by atoms with E-state index in [1.807, 2.05) is 41.1 Å². The average Bonchev–Trinajstić information content (AvgIpc) is 3.24. The van der Waals surface area contributed by atoms with Crippen LogP contribution in [0.25, 0.3) is 27.8 Å². The Morgan fingerprint density at radius 3 is 2.78 bits per heavy atom. The van der Waals surface area contributed by atoms with Gasteiger partial charge >= 0.3 is 0 Å². The molecular weight excluding hydrogens is 290 g/mol. The highest BCUT2D eigenvalue weighted by Crippen LogP contribution is 2.26. The third-order valence-corrected chi connectivity index (χ3v) is 3.81. The van der Waals surface area contributed by atoms with Crippen molar-refractivity contribution in [2.75, 3.05) is 0 Å². The van der Waals surface area contributed by atoms with Gasteiger partial charge in [-0.1, -0.05) is 18.2 Å². The first-order valence-corrected chi connectivity index (χ1v) is 7.09. The number of carbonyl (C=O) groups is 1. The van der Waals surface area contributed by atoms with Crippen LogP contribution in [0, 0.1) is 0 Å². The molecule has 0 atom stereocenters. The molecule has 2 aromatic carbocycles. The SMILES string of the molecule is NC(=O)c1ccccc1-n1cnc2ccc(-c3cn[nH]c3)cc21. The van der Waals surface area contributed by atoms with Crippen molar-refractivity contribution in [1.82, 2.24) is 19.7 Å². The van der Waals surface area contributed by atoms with Crippen molar-refractivity contribution in [2.24, 2.45) is 5.73 Å². The molecule has 4 aromatic rings. The van der Waals surface area contributed by atoms with Gasteiger partial charge < -0.3 is 5.73 Å². The first-order valence-electron chi connectivity index (χ1n) is 7.09. The van der Waals surface area contributed by atoms with Gasteiger partial charge in [0.2, 0.25) is 0 Å². The Balaban J connectivity index is 1.95. The Kier molecular flexibility index (Phi) is 2.94. The van der Waals surface area contributed by atoms with Crippen LogP contribution in [-0.2, 0) is 0 Å². The van der Waals surface area contributed by atoms with Crippen molar-refractivity contribution in [3.63, 3.8) is 0 Å². The number of nitrogens with two attached hydrogens (primary N) is 1. The average molecular weight is 303 g/mol. The van der Waals surface area contributed by atoms with Crippen LogP contribution in [0.1, 0.15) is 10.4 Å². The second-order valence-corrected chi connectivity index (χ2v) is 5.19. The Hall–Kier alpha value is -3.41. The molecule has 1 amide bonds. The van der Waals surface area contributed by atoms with Crippen molar-refractivity contribution in [2.45, 2.75) is 0 Å². The molecule has 112 valence electrons. The van der Waals surface area contributed by atoms with E-state index in [2.05, 4.69) is 15.2 Å². The Labute approximate surface area is 131 Å². The monoisotopic (exact) mass is 303 g/mol. The maximum Gasteiger partial charge on any atom is 0.250 e. The molecule has 0 bridgehead atoms. The van der Waals surface area contributed by atoms with E-state index in [1.165, 1.54) is 0 Å². The Bertz CT molecular complexity index is 1000. The molecule has 2 heterocycles. The van der Waals surface area contributed by atoms with E-state index in [0.29, 0.717) is 11.3 Å². The molecule has 0 aliphatic rings. The van der Waals surface area contributed by atoms with Gasteiger partial charge in [-0.3, -0.25) is 14.5 Å². The van der Waals surface area contributed by atoms with Gasteiger partial charge in [-0.25, -0.2) is 4.98 Å². The highest BCUT2D eigenvalue weighted by Gasteiger charge is 2.12. The molecular formula is C17H13N5O. The molecule has 23 heavy (non-hydrogen) atoms. The zero-order chi connectivity index (χ0) is 15.8. The van der Waals surface area contributed by atoms with Crippen LogP contribution in [0.3, 0.4) is 0 Å². The molecule has 0 unspecified atom stereocenters. The summed E-state index contributed by atoms with van der Waals surface area (Å²) in [5, 5.41) is 6.78. The van der Waals surface area contributed by atoms with Crippen molar-refractivity contribution in [3.05, 3.63) is 66.7 Å². The predicted octanol–water partition coefficient (Wildman–Crippen LogP) is 2.51. The summed E-state index contributed by atoms with van der Waals surface area (Å²) in [6.45, 7) is 0. The minimum atomic E-state index is -0.464. The molecule has 6 nitrogen and oxygen atoms in total. The molecule has 2 aromatic heterocycles. The molecule has 0 saturated carbocycles. The summed E-state index contributed by atoms with van der Waals surface area (Å²) >= 11 is 0. The van der Waals surface area contributed by atoms with E-state index in [-0.39, 0.29) is 0 Å². The van der Waals surface area contributed by atoms with E-state index < -0.39 is 5.91 Å². The van der Waals surface area contributed by atoms with E-state index >= 15 is 0 Å². The van der Waals surface area contributed by atoms with E-state index in [0.717, 1.165) is 22.2 Å². The number of fused-ring (bicyclic) bond motifs is 1. The van der Waals surface area contributed by atoms with E-state index in [4.69, 9.17) is 5.73 Å². The van der Waals surface area contributed by atoms with Gasteiger partial charge in [0, 0.05) is 11.8 Å². The zero-order valence-corrected chi connectivity index (χ0v) is 12.1. The van der Waals surface area contributed by atoms with Crippen LogP contribution >= 0.6 is 0 Å². The quantitative estimate of drug-likeness (QED) is 0.609. The van der Waals surface area contributed by atoms with E-state index in [1.54, 1.807) is 24.7 Å². The number of hydrogen-bond donors (Lipinski definition) is 2. The number of nitrogens with one attached hydrogen (secondary N) is 1. The molecule has 4 rings (SSSR count). The summed E-state index contributed by atoms with van der Waals surface area (Å²) in [5.74, 6) is -0.464. The summed E-state index contributed by atoms with van der Waals surface area (Å²) in [7, 11) is 0. The topological polar surface area (TPSA) is 89.6 Å². The second-order valence-electron chi connectivity index (χ2n) is 5.19. The van der Waals surface area contributed by atoms with Crippen molar-refractivity contribution >= 4 is 16.9 Å². The van der Waals surface area contributed by atoms with Gasteiger partial charge in [0.15, 0.2) is 0 Å². The summed E-state index contributed by atoms with van der Waals surface area (Å²) in [5.41, 5.74) is 10.4. The standard InChI is InChI=1S/C17H13N5O/c18-17(23)13-3-1-2-4-15(13)22-10-19-14-6-5-11(7-16(14)22)12-8-20-21-9-12/h1-10H,(H2,18,23)(H,20,21). The lowest BCUT2D eigenvalue weighted by molar-refractivity contribution is 0.100. The molecule has 0 aliphatic carbocycles. The number of amides is 1. The normalized spacial score (nSPS) is 11.0. The fourth-order valence-corrected chi connectivity index (χ4v) is 2.68. The number of para-hydroxylation sites is 1. The smallest absolute Gasteiger partial charge is 0.250 e. The minimum Gasteiger partial charge on any atom is -0.366 e. The molecule has 0 fully saturated rings. The van der Waals surface area contributed by atoms with E-state index in [9.17, 15) is 4.79 Å². The van der Waals surface area contributed by atoms with Crippen LogP contribution in [-0.4, -0.2) is 25.7 Å². The molecule has 0 saturated heterocycles. The predicted molar refractivity (Wildman–Crippen MR) is 87.2 cm³/mol. The number of primary amides is 1. The largest absolute Gasteiger partial charge is 0.366 e. The number of carbonyl (C=O) groups excluding carboxylic acids is 1. The van der Waals surface area contributed by atoms with Crippen LogP contribution in [0.5, 0.6) is 0 Å². The number of aromatic amines is 1. The Morgan fingerprint density at radius 1 is 1.13 bits per heavy atom. The van der Waals surface area contributed by atoms with Crippen LogP contribution < -0.4 is 5.73 Å². The zero-order valence-electron chi connectivity index (χ0n) is 12.1. The Morgan fingerprint density at radius 2 is 2.00 bits per heavy atom. The molecule has 6 heteroatoms. The van der Waals surface area contributed by atoms with Crippen LogP contribution in [0.15, 0.2) is 61.2 Å². The van der Waals surface area contributed by atoms with Gasteiger partial charge in [-0.05, 0) is 29.8 Å². The van der Waals surface area contributed by atoms with Gasteiger partial charge in [0.1, 0.15) is 6.33 Å². The molecule has 0 aliphatic heterocycles. The number of aromatic nitrogens is 4. The summed E-state index contributed by atoms with van der Waals surface area (Å²) in [6, 6.07) is 13.2. The summed E-state index contributed by atoms with van der Waals surface area (Å²) in [4.78, 5) is 16.1. The number of rotatable bonds is 3. The minimum absolute atomic E-state index is 0.459. The number of benzene rings is 2. The summed E-state index contributed by atoms with van der Waals surface area (Å²) < 4.78 is 1.87. The molecule has 3 N–H and O–H groups in total. The van der Waals surface area contributed by atoms with Gasteiger partial charge in [-0.15, -0.1) is 0 Å². The summed E-state index contributed by atoms with van der Waals surface area (Å²) in [6.07, 6.45) is 5.30. The number of hydrogen-bond acceptors (Lipinski definition) is 3. The third-order valence-electron chi connectivity index (χ3n) is 3.81. The fourth-order valence-electron chi connectivity index (χ4n) is 2.68. The van der Waals surface area contributed by atoms with Gasteiger partial charge in [0.25, 0.3) is 5.91 Å². The maximum atomic E-state index is 11.7. The van der Waals surface area contributed by atoms with Gasteiger partial charge in [0.05, 0.1) is 28.5 Å². The highest BCUT2D eigenvalue weighted by molar-refractivity contribution is 5.97. The number of H-pyrrole nitrogens is 1. The number of nitrogens with zero attached hydrogens (tertiary/aromatic N) is 3. The van der Waals surface area contributed by atoms with Crippen LogP contribution in [0.4, 0.5) is 0 Å². The number of imidazole rings is 1. The lowest BCUT2D eigenvalue weighted by Gasteiger charge is -2.09. The first-order chi connectivity index (χ1) is 11.2. The lowest BCUT2D eigenvalue weighted by Crippen LogP contribution is -2.14. The third kappa shape index (κ3) is 2.17. The molecule has 0 spiro atoms. The second kappa shape index (κ2) is 5.10. The fraction of sp³-hybridized carbons (Fsp3) is 0.